The first-order chi connectivity index (χ1) is 6.66. The molecule has 0 aromatic carbocycles. The van der Waals surface area contributed by atoms with E-state index >= 15 is 0 Å². The molecule has 0 bridgehead atoms. The van der Waals surface area contributed by atoms with Gasteiger partial charge >= 0.3 is 0 Å². The number of rotatable bonds is 2. The van der Waals surface area contributed by atoms with Crippen molar-refractivity contribution in [3.63, 3.8) is 0 Å². The summed E-state index contributed by atoms with van der Waals surface area (Å²) < 4.78 is 0. The molecule has 1 aromatic heterocycles. The summed E-state index contributed by atoms with van der Waals surface area (Å²) in [7, 11) is 0. The van der Waals surface area contributed by atoms with Gasteiger partial charge in [0, 0.05) is 4.88 Å². The number of aliphatic hydroxyl groups excluding tert-OH is 1. The zero-order chi connectivity index (χ0) is 10.1. The van der Waals surface area contributed by atoms with Crippen molar-refractivity contribution in [2.24, 2.45) is 0 Å². The van der Waals surface area contributed by atoms with Crippen LogP contribution in [-0.2, 0) is 0 Å². The van der Waals surface area contributed by atoms with Crippen molar-refractivity contribution in [1.82, 2.24) is 4.98 Å². The minimum atomic E-state index is -0.195. The van der Waals surface area contributed by atoms with Crippen LogP contribution in [0.4, 0.5) is 5.13 Å². The molecule has 14 heavy (non-hydrogen) atoms. The molecule has 0 saturated heterocycles. The molecule has 2 unspecified atom stereocenters. The fourth-order valence-corrected chi connectivity index (χ4v) is 2.68. The van der Waals surface area contributed by atoms with E-state index in [0.717, 1.165) is 30.1 Å². The van der Waals surface area contributed by atoms with Gasteiger partial charge in [-0.2, -0.15) is 0 Å². The summed E-state index contributed by atoms with van der Waals surface area (Å²) in [5.74, 6) is 0. The minimum Gasteiger partial charge on any atom is -0.391 e. The fraction of sp³-hybridized carbons (Fsp3) is 0.700. The van der Waals surface area contributed by atoms with Gasteiger partial charge in [0.2, 0.25) is 0 Å². The zero-order valence-electron chi connectivity index (χ0n) is 8.58. The Bertz CT molecular complexity index is 304. The van der Waals surface area contributed by atoms with E-state index in [4.69, 9.17) is 0 Å². The summed E-state index contributed by atoms with van der Waals surface area (Å²) in [6, 6.07) is 0.208. The van der Waals surface area contributed by atoms with Gasteiger partial charge in [-0.1, -0.05) is 0 Å². The lowest BCUT2D eigenvalue weighted by atomic mass is 10.2. The number of aromatic nitrogens is 1. The quantitative estimate of drug-likeness (QED) is 0.789. The Balaban J connectivity index is 2.03. The van der Waals surface area contributed by atoms with E-state index in [1.165, 1.54) is 4.88 Å². The molecule has 0 aliphatic heterocycles. The van der Waals surface area contributed by atoms with Crippen LogP contribution < -0.4 is 5.32 Å². The molecule has 3 nitrogen and oxygen atoms in total. The molecule has 0 spiro atoms. The third-order valence-electron chi connectivity index (χ3n) is 2.82. The van der Waals surface area contributed by atoms with Gasteiger partial charge in [0.15, 0.2) is 5.13 Å². The molecule has 1 fully saturated rings. The number of aliphatic hydroxyl groups is 1. The minimum absolute atomic E-state index is 0.195. The van der Waals surface area contributed by atoms with Gasteiger partial charge in [0.1, 0.15) is 0 Å². The van der Waals surface area contributed by atoms with Gasteiger partial charge < -0.3 is 10.4 Å². The molecule has 2 rings (SSSR count). The second-order valence-corrected chi connectivity index (χ2v) is 5.11. The molecular weight excluding hydrogens is 196 g/mol. The van der Waals surface area contributed by atoms with Crippen molar-refractivity contribution in [1.29, 1.82) is 0 Å². The Morgan fingerprint density at radius 3 is 2.71 bits per heavy atom. The topological polar surface area (TPSA) is 45.2 Å². The van der Waals surface area contributed by atoms with Crippen molar-refractivity contribution >= 4 is 16.5 Å². The van der Waals surface area contributed by atoms with E-state index in [1.807, 2.05) is 6.92 Å². The second-order valence-electron chi connectivity index (χ2n) is 3.91. The van der Waals surface area contributed by atoms with Crippen LogP contribution in [0.25, 0.3) is 0 Å². The number of hydrogen-bond donors (Lipinski definition) is 2. The van der Waals surface area contributed by atoms with Crippen molar-refractivity contribution in [3.8, 4) is 0 Å². The SMILES string of the molecule is Cc1nc(NC2CCCC2O)sc1C. The van der Waals surface area contributed by atoms with E-state index in [-0.39, 0.29) is 12.1 Å². The monoisotopic (exact) mass is 212 g/mol. The largest absolute Gasteiger partial charge is 0.391 e. The van der Waals surface area contributed by atoms with Crippen LogP contribution in [0.3, 0.4) is 0 Å². The van der Waals surface area contributed by atoms with E-state index in [1.54, 1.807) is 11.3 Å². The normalized spacial score (nSPS) is 26.8. The van der Waals surface area contributed by atoms with Crippen LogP contribution >= 0.6 is 11.3 Å². The molecule has 1 saturated carbocycles. The lowest BCUT2D eigenvalue weighted by Gasteiger charge is -2.14. The Kier molecular flexibility index (Phi) is 2.74. The lowest BCUT2D eigenvalue weighted by Crippen LogP contribution is -2.27. The predicted molar refractivity (Wildman–Crippen MR) is 58.9 cm³/mol. The molecule has 2 atom stereocenters. The molecule has 1 aliphatic rings. The standard InChI is InChI=1S/C10H16N2OS/c1-6-7(2)14-10(11-6)12-8-4-3-5-9(8)13/h8-9,13H,3-5H2,1-2H3,(H,11,12). The van der Waals surface area contributed by atoms with E-state index in [0.29, 0.717) is 0 Å². The van der Waals surface area contributed by atoms with Crippen LogP contribution in [0.5, 0.6) is 0 Å². The summed E-state index contributed by atoms with van der Waals surface area (Å²) in [5.41, 5.74) is 1.09. The highest BCUT2D eigenvalue weighted by Crippen LogP contribution is 2.26. The number of aryl methyl sites for hydroxylation is 2. The average Bonchev–Trinajstić information content (AvgIpc) is 2.63. The van der Waals surface area contributed by atoms with Gasteiger partial charge in [-0.25, -0.2) is 4.98 Å². The third-order valence-corrected chi connectivity index (χ3v) is 3.82. The van der Waals surface area contributed by atoms with Gasteiger partial charge in [0.25, 0.3) is 0 Å². The highest BCUT2D eigenvalue weighted by Gasteiger charge is 2.25. The summed E-state index contributed by atoms with van der Waals surface area (Å²) in [6.45, 7) is 4.09. The fourth-order valence-electron chi connectivity index (χ4n) is 1.80. The Morgan fingerprint density at radius 2 is 2.21 bits per heavy atom. The van der Waals surface area contributed by atoms with Gasteiger partial charge in [-0.05, 0) is 33.1 Å². The highest BCUT2D eigenvalue weighted by atomic mass is 32.1. The third kappa shape index (κ3) is 1.91. The summed E-state index contributed by atoms with van der Waals surface area (Å²) in [4.78, 5) is 5.65. The van der Waals surface area contributed by atoms with E-state index in [9.17, 15) is 5.11 Å². The summed E-state index contributed by atoms with van der Waals surface area (Å²) in [6.07, 6.45) is 2.89. The molecule has 1 aliphatic carbocycles. The van der Waals surface area contributed by atoms with Crippen molar-refractivity contribution in [2.45, 2.75) is 45.3 Å². The molecule has 2 N–H and O–H groups in total. The Hall–Kier alpha value is -0.610. The Labute approximate surface area is 88.2 Å². The average molecular weight is 212 g/mol. The van der Waals surface area contributed by atoms with Crippen molar-refractivity contribution in [2.75, 3.05) is 5.32 Å². The van der Waals surface area contributed by atoms with Crippen molar-refractivity contribution < 1.29 is 5.11 Å². The van der Waals surface area contributed by atoms with E-state index in [2.05, 4.69) is 17.2 Å². The molecule has 0 amide bonds. The van der Waals surface area contributed by atoms with Crippen LogP contribution in [-0.4, -0.2) is 22.2 Å². The number of nitrogens with one attached hydrogen (secondary N) is 1. The van der Waals surface area contributed by atoms with Gasteiger partial charge in [0.05, 0.1) is 17.8 Å². The van der Waals surface area contributed by atoms with Gasteiger partial charge in [-0.15, -0.1) is 11.3 Å². The molecule has 1 aromatic rings. The summed E-state index contributed by atoms with van der Waals surface area (Å²) >= 11 is 1.67. The second kappa shape index (κ2) is 3.87. The number of thiazole rings is 1. The maximum Gasteiger partial charge on any atom is 0.183 e. The predicted octanol–water partition coefficient (Wildman–Crippen LogP) is 2.09. The van der Waals surface area contributed by atoms with Crippen LogP contribution in [0.15, 0.2) is 0 Å². The van der Waals surface area contributed by atoms with E-state index < -0.39 is 0 Å². The maximum absolute atomic E-state index is 9.64. The summed E-state index contributed by atoms with van der Waals surface area (Å²) in [5, 5.41) is 13.9. The number of anilines is 1. The van der Waals surface area contributed by atoms with Gasteiger partial charge in [-0.3, -0.25) is 0 Å². The first-order valence-electron chi connectivity index (χ1n) is 5.05. The molecular formula is C10H16N2OS. The number of nitrogens with zero attached hydrogens (tertiary/aromatic N) is 1. The highest BCUT2D eigenvalue weighted by molar-refractivity contribution is 7.15. The molecule has 1 heterocycles. The van der Waals surface area contributed by atoms with Crippen molar-refractivity contribution in [3.05, 3.63) is 10.6 Å². The molecule has 0 radical (unpaired) electrons. The first-order valence-corrected chi connectivity index (χ1v) is 5.87. The lowest BCUT2D eigenvalue weighted by molar-refractivity contribution is 0.172. The van der Waals surface area contributed by atoms with Crippen LogP contribution in [0.2, 0.25) is 0 Å². The molecule has 78 valence electrons. The molecule has 4 heteroatoms. The van der Waals surface area contributed by atoms with Crippen LogP contribution in [0.1, 0.15) is 29.8 Å². The first kappa shape index (κ1) is 9.93. The zero-order valence-corrected chi connectivity index (χ0v) is 9.40. The Morgan fingerprint density at radius 1 is 1.43 bits per heavy atom. The smallest absolute Gasteiger partial charge is 0.183 e. The maximum atomic E-state index is 9.64. The number of hydrogen-bond acceptors (Lipinski definition) is 4. The van der Waals surface area contributed by atoms with Crippen LogP contribution in [0, 0.1) is 13.8 Å².